The number of carbonyl (C=O) groups excluding carboxylic acids is 1. The molecule has 4 N–H and O–H groups in total. The fraction of sp³-hybridized carbons (Fsp3) is 0.286. The smallest absolute Gasteiger partial charge is 0.326 e. The van der Waals surface area contributed by atoms with Gasteiger partial charge in [-0.3, -0.25) is 5.32 Å². The monoisotopic (exact) mass is 518 g/mol. The zero-order valence-corrected chi connectivity index (χ0v) is 20.5. The van der Waals surface area contributed by atoms with Gasteiger partial charge >= 0.3 is 6.03 Å². The van der Waals surface area contributed by atoms with Crippen LogP contribution in [0.25, 0.3) is 0 Å². The Balaban J connectivity index is 1.43. The molecule has 1 aromatic carbocycles. The van der Waals surface area contributed by atoms with Crippen molar-refractivity contribution in [1.29, 1.82) is 0 Å². The van der Waals surface area contributed by atoms with Crippen LogP contribution in [0.5, 0.6) is 0 Å². The first-order valence-electron chi connectivity index (χ1n) is 10.5. The van der Waals surface area contributed by atoms with E-state index in [1.165, 1.54) is 4.88 Å². The van der Waals surface area contributed by atoms with E-state index in [-0.39, 0.29) is 11.9 Å². The molecule has 10 nitrogen and oxygen atoms in total. The Bertz CT molecular complexity index is 1130. The molecule has 1 saturated heterocycles. The minimum Gasteiger partial charge on any atom is -0.378 e. The number of nitrogens with zero attached hydrogens (tertiary/aromatic N) is 4. The molecule has 178 valence electrons. The van der Waals surface area contributed by atoms with Gasteiger partial charge in [-0.25, -0.2) is 4.79 Å². The summed E-state index contributed by atoms with van der Waals surface area (Å²) in [5.74, 6) is 0.725. The number of hydrogen-bond donors (Lipinski definition) is 4. The summed E-state index contributed by atoms with van der Waals surface area (Å²) in [4.78, 5) is 28.9. The van der Waals surface area contributed by atoms with Crippen LogP contribution in [0, 0.1) is 0 Å². The predicted molar refractivity (Wildman–Crippen MR) is 139 cm³/mol. The van der Waals surface area contributed by atoms with Gasteiger partial charge in [-0.05, 0) is 48.3 Å². The second-order valence-corrected chi connectivity index (χ2v) is 9.06. The number of rotatable bonds is 7. The lowest BCUT2D eigenvalue weighted by atomic mass is 10.3. The number of halogens is 1. The quantitative estimate of drug-likeness (QED) is 0.348. The molecule has 0 atom stereocenters. The number of carbonyl (C=O) groups is 1. The highest BCUT2D eigenvalue weighted by Crippen LogP contribution is 2.17. The Morgan fingerprint density at radius 1 is 1.09 bits per heavy atom. The second-order valence-electron chi connectivity index (χ2n) is 7.18. The third-order valence-corrected chi connectivity index (χ3v) is 6.11. The standard InChI is InChI=1S/C21H23ClN8O2S2/c22-14-3-1-4-15(13-14)24-20(31)28-17-25-18(27-19(26-17)30-8-10-32-11-9-30)29-21(33)23-7-6-16-5-2-12-34-16/h1-5,12-13H,6-11H2,(H4,23,24,25,26,27,28,29,31,33). The molecule has 2 aromatic heterocycles. The number of aromatic nitrogens is 3. The van der Waals surface area contributed by atoms with Crippen molar-refractivity contribution in [3.63, 3.8) is 0 Å². The lowest BCUT2D eigenvalue weighted by Crippen LogP contribution is -2.38. The Labute approximate surface area is 211 Å². The number of anilines is 4. The highest BCUT2D eigenvalue weighted by molar-refractivity contribution is 7.80. The van der Waals surface area contributed by atoms with Gasteiger partial charge < -0.3 is 25.6 Å². The number of ether oxygens (including phenoxy) is 1. The van der Waals surface area contributed by atoms with Gasteiger partial charge in [0.2, 0.25) is 17.8 Å². The topological polar surface area (TPSA) is 116 Å². The number of nitrogens with one attached hydrogen (secondary N) is 4. The van der Waals surface area contributed by atoms with Crippen molar-refractivity contribution < 1.29 is 9.53 Å². The minimum atomic E-state index is -0.510. The van der Waals surface area contributed by atoms with E-state index in [0.29, 0.717) is 54.6 Å². The van der Waals surface area contributed by atoms with Crippen LogP contribution >= 0.6 is 35.2 Å². The van der Waals surface area contributed by atoms with E-state index in [1.807, 2.05) is 16.3 Å². The maximum atomic E-state index is 12.5. The van der Waals surface area contributed by atoms with Crippen LogP contribution in [0.3, 0.4) is 0 Å². The molecule has 4 rings (SSSR count). The number of morpholine rings is 1. The molecule has 0 saturated carbocycles. The maximum absolute atomic E-state index is 12.5. The van der Waals surface area contributed by atoms with E-state index >= 15 is 0 Å². The van der Waals surface area contributed by atoms with Crippen molar-refractivity contribution in [2.75, 3.05) is 53.7 Å². The van der Waals surface area contributed by atoms with Crippen molar-refractivity contribution in [2.45, 2.75) is 6.42 Å². The molecule has 1 aliphatic rings. The summed E-state index contributed by atoms with van der Waals surface area (Å²) in [6.45, 7) is 3.05. The zero-order valence-electron chi connectivity index (χ0n) is 18.1. The Kier molecular flexibility index (Phi) is 8.41. The van der Waals surface area contributed by atoms with E-state index in [2.05, 4.69) is 42.3 Å². The summed E-state index contributed by atoms with van der Waals surface area (Å²) >= 11 is 13.1. The van der Waals surface area contributed by atoms with Gasteiger partial charge in [0.15, 0.2) is 5.11 Å². The van der Waals surface area contributed by atoms with Crippen LogP contribution in [0.4, 0.5) is 28.3 Å². The van der Waals surface area contributed by atoms with Crippen molar-refractivity contribution in [1.82, 2.24) is 20.3 Å². The fourth-order valence-electron chi connectivity index (χ4n) is 3.11. The van der Waals surface area contributed by atoms with Gasteiger partial charge in [0.1, 0.15) is 0 Å². The first-order valence-corrected chi connectivity index (χ1v) is 12.2. The molecule has 0 spiro atoms. The van der Waals surface area contributed by atoms with E-state index < -0.39 is 6.03 Å². The van der Waals surface area contributed by atoms with E-state index in [9.17, 15) is 4.79 Å². The van der Waals surface area contributed by atoms with Crippen molar-refractivity contribution in [3.05, 3.63) is 51.7 Å². The van der Waals surface area contributed by atoms with Gasteiger partial charge in [-0.1, -0.05) is 23.7 Å². The van der Waals surface area contributed by atoms with Crippen LogP contribution in [0.2, 0.25) is 5.02 Å². The molecule has 0 radical (unpaired) electrons. The molecular weight excluding hydrogens is 496 g/mol. The summed E-state index contributed by atoms with van der Waals surface area (Å²) in [6.07, 6.45) is 0.853. The minimum absolute atomic E-state index is 0.0832. The molecule has 13 heteroatoms. The summed E-state index contributed by atoms with van der Waals surface area (Å²) in [7, 11) is 0. The molecule has 1 fully saturated rings. The SMILES string of the molecule is O=C(Nc1cccc(Cl)c1)Nc1nc(NC(=S)NCCc2cccs2)nc(N2CCOCC2)n1. The van der Waals surface area contributed by atoms with Crippen LogP contribution in [0.1, 0.15) is 4.88 Å². The molecule has 34 heavy (non-hydrogen) atoms. The summed E-state index contributed by atoms with van der Waals surface area (Å²) < 4.78 is 5.41. The summed E-state index contributed by atoms with van der Waals surface area (Å²) in [5, 5.41) is 14.4. The van der Waals surface area contributed by atoms with E-state index in [1.54, 1.807) is 35.6 Å². The Hall–Kier alpha value is -3.06. The maximum Gasteiger partial charge on any atom is 0.326 e. The largest absolute Gasteiger partial charge is 0.378 e. The van der Waals surface area contributed by atoms with E-state index in [0.717, 1.165) is 6.42 Å². The van der Waals surface area contributed by atoms with Crippen molar-refractivity contribution >= 4 is 69.8 Å². The number of thiophene rings is 1. The average Bonchev–Trinajstić information content (AvgIpc) is 3.33. The van der Waals surface area contributed by atoms with Crippen LogP contribution in [-0.4, -0.2) is 58.9 Å². The Morgan fingerprint density at radius 2 is 1.88 bits per heavy atom. The third kappa shape index (κ3) is 7.22. The second kappa shape index (κ2) is 11.9. The first-order chi connectivity index (χ1) is 16.5. The first kappa shape index (κ1) is 24.1. The normalized spacial score (nSPS) is 13.3. The van der Waals surface area contributed by atoms with Crippen molar-refractivity contribution in [3.8, 4) is 0 Å². The number of amides is 2. The average molecular weight is 519 g/mol. The summed E-state index contributed by atoms with van der Waals surface area (Å²) in [6, 6.07) is 10.4. The van der Waals surface area contributed by atoms with Crippen LogP contribution in [-0.2, 0) is 11.2 Å². The van der Waals surface area contributed by atoms with Gasteiger partial charge in [-0.15, -0.1) is 11.3 Å². The molecule has 0 aliphatic carbocycles. The lowest BCUT2D eigenvalue weighted by Gasteiger charge is -2.27. The zero-order chi connectivity index (χ0) is 23.8. The molecule has 0 unspecified atom stereocenters. The Morgan fingerprint density at radius 3 is 2.62 bits per heavy atom. The number of hydrogen-bond acceptors (Lipinski definition) is 8. The summed E-state index contributed by atoms with van der Waals surface area (Å²) in [5.41, 5.74) is 0.543. The van der Waals surface area contributed by atoms with Gasteiger partial charge in [0.05, 0.1) is 13.2 Å². The molecule has 0 bridgehead atoms. The molecular formula is C21H23ClN8O2S2. The number of benzene rings is 1. The molecule has 2 amide bonds. The third-order valence-electron chi connectivity index (χ3n) is 4.69. The molecule has 3 heterocycles. The highest BCUT2D eigenvalue weighted by atomic mass is 35.5. The van der Waals surface area contributed by atoms with Gasteiger partial charge in [-0.2, -0.15) is 15.0 Å². The lowest BCUT2D eigenvalue weighted by molar-refractivity contribution is 0.122. The molecule has 1 aliphatic heterocycles. The van der Waals surface area contributed by atoms with E-state index in [4.69, 9.17) is 28.6 Å². The van der Waals surface area contributed by atoms with Crippen molar-refractivity contribution in [2.24, 2.45) is 0 Å². The van der Waals surface area contributed by atoms with Gasteiger partial charge in [0.25, 0.3) is 0 Å². The number of thiocarbonyl (C=S) groups is 1. The molecule has 3 aromatic rings. The number of urea groups is 1. The highest BCUT2D eigenvalue weighted by Gasteiger charge is 2.18. The fourth-order valence-corrected chi connectivity index (χ4v) is 4.20. The van der Waals surface area contributed by atoms with Crippen LogP contribution in [0.15, 0.2) is 41.8 Å². The van der Waals surface area contributed by atoms with Gasteiger partial charge in [0, 0.05) is 35.2 Å². The van der Waals surface area contributed by atoms with Crippen LogP contribution < -0.4 is 26.2 Å². The predicted octanol–water partition coefficient (Wildman–Crippen LogP) is 3.60.